The van der Waals surface area contributed by atoms with Crippen molar-refractivity contribution < 1.29 is 4.79 Å². The average Bonchev–Trinajstić information content (AvgIpc) is 2.45. The zero-order chi connectivity index (χ0) is 8.72. The van der Waals surface area contributed by atoms with Gasteiger partial charge in [0.05, 0.1) is 0 Å². The summed E-state index contributed by atoms with van der Waals surface area (Å²) in [7, 11) is 0. The van der Waals surface area contributed by atoms with Crippen LogP contribution in [-0.2, 0) is 4.79 Å². The number of amides is 1. The molecular weight excluding hydrogens is 152 g/mol. The van der Waals surface area contributed by atoms with Crippen LogP contribution in [0.2, 0.25) is 0 Å². The van der Waals surface area contributed by atoms with E-state index in [9.17, 15) is 4.79 Å². The smallest absolute Gasteiger partial charge is 0.223 e. The summed E-state index contributed by atoms with van der Waals surface area (Å²) in [5, 5.41) is 6.25. The first-order valence-electron chi connectivity index (χ1n) is 4.71. The van der Waals surface area contributed by atoms with Crippen molar-refractivity contribution in [3.8, 4) is 0 Å². The van der Waals surface area contributed by atoms with Crippen LogP contribution < -0.4 is 10.6 Å². The fourth-order valence-electron chi connectivity index (χ4n) is 2.19. The lowest BCUT2D eigenvalue weighted by Crippen LogP contribution is -2.34. The van der Waals surface area contributed by atoms with Crippen LogP contribution in [0.4, 0.5) is 0 Å². The average molecular weight is 168 g/mol. The van der Waals surface area contributed by atoms with Gasteiger partial charge in [0.25, 0.3) is 0 Å². The minimum atomic E-state index is 0.265. The monoisotopic (exact) mass is 168 g/mol. The first-order chi connectivity index (χ1) is 5.70. The molecule has 3 atom stereocenters. The summed E-state index contributed by atoms with van der Waals surface area (Å²) < 4.78 is 0. The van der Waals surface area contributed by atoms with Crippen LogP contribution in [-0.4, -0.2) is 25.0 Å². The Morgan fingerprint density at radius 2 is 2.00 bits per heavy atom. The van der Waals surface area contributed by atoms with Crippen LogP contribution in [0.1, 0.15) is 13.8 Å². The maximum atomic E-state index is 11.5. The summed E-state index contributed by atoms with van der Waals surface area (Å²) in [4.78, 5) is 11.5. The number of carbonyl (C=O) groups is 1. The van der Waals surface area contributed by atoms with E-state index in [2.05, 4.69) is 10.6 Å². The molecule has 0 spiro atoms. The van der Waals surface area contributed by atoms with Gasteiger partial charge in [-0.05, 0) is 38.8 Å². The number of piperidine rings is 1. The lowest BCUT2D eigenvalue weighted by molar-refractivity contribution is -0.123. The molecule has 1 amide bonds. The number of hydrogen-bond acceptors (Lipinski definition) is 2. The standard InChI is InChI=1S/C9H16N2O/c1-5(2)11-9(12)8-6-3-10-4-7(6)8/h5-8,10H,3-4H2,1-2H3,(H,11,12)/t6-,7+,8+. The first-order valence-corrected chi connectivity index (χ1v) is 4.71. The highest BCUT2D eigenvalue weighted by atomic mass is 16.2. The predicted molar refractivity (Wildman–Crippen MR) is 46.6 cm³/mol. The van der Waals surface area contributed by atoms with Crippen LogP contribution in [0.25, 0.3) is 0 Å². The molecule has 1 aliphatic carbocycles. The van der Waals surface area contributed by atoms with Gasteiger partial charge >= 0.3 is 0 Å². The second-order valence-corrected chi connectivity index (χ2v) is 4.18. The van der Waals surface area contributed by atoms with Gasteiger partial charge in [-0.3, -0.25) is 4.79 Å². The molecule has 1 saturated heterocycles. The van der Waals surface area contributed by atoms with E-state index in [1.165, 1.54) is 0 Å². The number of carbonyl (C=O) groups excluding carboxylic acids is 1. The second-order valence-electron chi connectivity index (χ2n) is 4.18. The Kier molecular flexibility index (Phi) is 1.83. The molecule has 12 heavy (non-hydrogen) atoms. The minimum absolute atomic E-state index is 0.265. The fourth-order valence-corrected chi connectivity index (χ4v) is 2.19. The summed E-state index contributed by atoms with van der Waals surface area (Å²) in [5.74, 6) is 1.88. The van der Waals surface area contributed by atoms with E-state index in [4.69, 9.17) is 0 Å². The molecule has 1 saturated carbocycles. The molecule has 2 fully saturated rings. The normalized spacial score (nSPS) is 38.1. The van der Waals surface area contributed by atoms with Crippen molar-refractivity contribution in [3.63, 3.8) is 0 Å². The zero-order valence-electron chi connectivity index (χ0n) is 7.63. The Morgan fingerprint density at radius 1 is 1.42 bits per heavy atom. The van der Waals surface area contributed by atoms with Crippen molar-refractivity contribution in [2.24, 2.45) is 17.8 Å². The molecule has 3 heteroatoms. The molecule has 1 aliphatic heterocycles. The highest BCUT2D eigenvalue weighted by Crippen LogP contribution is 2.48. The van der Waals surface area contributed by atoms with E-state index in [-0.39, 0.29) is 11.9 Å². The summed E-state index contributed by atoms with van der Waals surface area (Å²) in [6, 6.07) is 0.284. The van der Waals surface area contributed by atoms with Crippen molar-refractivity contribution >= 4 is 5.91 Å². The fraction of sp³-hybridized carbons (Fsp3) is 0.889. The molecule has 0 aromatic carbocycles. The molecule has 2 aliphatic rings. The van der Waals surface area contributed by atoms with Crippen molar-refractivity contribution in [1.82, 2.24) is 10.6 Å². The van der Waals surface area contributed by atoms with Crippen molar-refractivity contribution in [1.29, 1.82) is 0 Å². The molecule has 0 bridgehead atoms. The van der Waals surface area contributed by atoms with E-state index in [1.54, 1.807) is 0 Å². The van der Waals surface area contributed by atoms with E-state index in [1.807, 2.05) is 13.8 Å². The molecule has 2 rings (SSSR count). The SMILES string of the molecule is CC(C)NC(=O)[C@H]1[C@@H]2CNC[C@@H]21. The third-order valence-electron chi connectivity index (χ3n) is 2.83. The van der Waals surface area contributed by atoms with Crippen LogP contribution in [0.15, 0.2) is 0 Å². The van der Waals surface area contributed by atoms with Gasteiger partial charge in [0.2, 0.25) is 5.91 Å². The summed E-state index contributed by atoms with van der Waals surface area (Å²) in [6.45, 7) is 6.10. The van der Waals surface area contributed by atoms with Gasteiger partial charge < -0.3 is 10.6 Å². The molecule has 68 valence electrons. The topological polar surface area (TPSA) is 41.1 Å². The van der Waals surface area contributed by atoms with Gasteiger partial charge in [0.1, 0.15) is 0 Å². The van der Waals surface area contributed by atoms with Gasteiger partial charge in [-0.2, -0.15) is 0 Å². The lowest BCUT2D eigenvalue weighted by atomic mass is 10.2. The summed E-state index contributed by atoms with van der Waals surface area (Å²) in [5.41, 5.74) is 0. The summed E-state index contributed by atoms with van der Waals surface area (Å²) in [6.07, 6.45) is 0. The third-order valence-corrected chi connectivity index (χ3v) is 2.83. The largest absolute Gasteiger partial charge is 0.354 e. The Morgan fingerprint density at radius 3 is 2.50 bits per heavy atom. The van der Waals surface area contributed by atoms with E-state index < -0.39 is 0 Å². The number of fused-ring (bicyclic) bond motifs is 1. The number of rotatable bonds is 2. The zero-order valence-corrected chi connectivity index (χ0v) is 7.63. The molecule has 2 N–H and O–H groups in total. The van der Waals surface area contributed by atoms with Crippen molar-refractivity contribution in [2.75, 3.05) is 13.1 Å². The van der Waals surface area contributed by atoms with Crippen molar-refractivity contribution in [2.45, 2.75) is 19.9 Å². The Labute approximate surface area is 72.9 Å². The maximum Gasteiger partial charge on any atom is 0.223 e. The summed E-state index contributed by atoms with van der Waals surface area (Å²) >= 11 is 0. The number of nitrogens with one attached hydrogen (secondary N) is 2. The van der Waals surface area contributed by atoms with Gasteiger partial charge in [-0.25, -0.2) is 0 Å². The van der Waals surface area contributed by atoms with Gasteiger partial charge in [-0.15, -0.1) is 0 Å². The number of hydrogen-bond donors (Lipinski definition) is 2. The molecule has 1 heterocycles. The third kappa shape index (κ3) is 1.22. The Hall–Kier alpha value is -0.570. The van der Waals surface area contributed by atoms with Gasteiger partial charge in [-0.1, -0.05) is 0 Å². The highest BCUT2D eigenvalue weighted by molar-refractivity contribution is 5.82. The van der Waals surface area contributed by atoms with E-state index in [0.29, 0.717) is 17.8 Å². The Bertz CT molecular complexity index is 193. The maximum absolute atomic E-state index is 11.5. The molecular formula is C9H16N2O. The second kappa shape index (κ2) is 2.73. The van der Waals surface area contributed by atoms with Crippen molar-refractivity contribution in [3.05, 3.63) is 0 Å². The van der Waals surface area contributed by atoms with E-state index >= 15 is 0 Å². The molecule has 0 aromatic rings. The highest BCUT2D eigenvalue weighted by Gasteiger charge is 2.56. The van der Waals surface area contributed by atoms with Crippen LogP contribution in [0.3, 0.4) is 0 Å². The van der Waals surface area contributed by atoms with Crippen LogP contribution in [0.5, 0.6) is 0 Å². The van der Waals surface area contributed by atoms with Gasteiger partial charge in [0.15, 0.2) is 0 Å². The molecule has 3 nitrogen and oxygen atoms in total. The molecule has 0 radical (unpaired) electrons. The lowest BCUT2D eigenvalue weighted by Gasteiger charge is -2.09. The predicted octanol–water partition coefficient (Wildman–Crippen LogP) is -0.0236. The van der Waals surface area contributed by atoms with E-state index in [0.717, 1.165) is 13.1 Å². The van der Waals surface area contributed by atoms with Crippen LogP contribution in [0, 0.1) is 17.8 Å². The quantitative estimate of drug-likeness (QED) is 0.608. The minimum Gasteiger partial charge on any atom is -0.354 e. The molecule has 0 unspecified atom stereocenters. The van der Waals surface area contributed by atoms with Crippen LogP contribution >= 0.6 is 0 Å². The molecule has 0 aromatic heterocycles. The Balaban J connectivity index is 1.84. The first kappa shape index (κ1) is 8.05. The van der Waals surface area contributed by atoms with Gasteiger partial charge in [0, 0.05) is 12.0 Å².